The second kappa shape index (κ2) is 7.61. The van der Waals surface area contributed by atoms with Gasteiger partial charge in [0.2, 0.25) is 11.8 Å². The summed E-state index contributed by atoms with van der Waals surface area (Å²) in [5, 5.41) is 10.7. The van der Waals surface area contributed by atoms with Gasteiger partial charge in [0.05, 0.1) is 0 Å². The van der Waals surface area contributed by atoms with Crippen molar-refractivity contribution in [3.05, 3.63) is 60.0 Å². The first-order valence-corrected chi connectivity index (χ1v) is 8.06. The van der Waals surface area contributed by atoms with Crippen LogP contribution in [0, 0.1) is 6.92 Å². The van der Waals surface area contributed by atoms with Gasteiger partial charge in [-0.2, -0.15) is 0 Å². The number of ether oxygens (including phenoxy) is 1. The van der Waals surface area contributed by atoms with E-state index in [2.05, 4.69) is 15.5 Å². The zero-order valence-electron chi connectivity index (χ0n) is 14.2. The first kappa shape index (κ1) is 16.7. The lowest BCUT2D eigenvalue weighted by Crippen LogP contribution is -2.20. The van der Waals surface area contributed by atoms with E-state index in [0.29, 0.717) is 29.6 Å². The smallest absolute Gasteiger partial charge is 0.262 e. The molecule has 1 N–H and O–H groups in total. The Bertz CT molecular complexity index is 856. The Labute approximate surface area is 145 Å². The summed E-state index contributed by atoms with van der Waals surface area (Å²) in [6.07, 6.45) is 0.697. The van der Waals surface area contributed by atoms with Gasteiger partial charge in [-0.15, -0.1) is 10.2 Å². The second-order valence-electron chi connectivity index (χ2n) is 5.59. The number of amides is 1. The average Bonchev–Trinajstić information content (AvgIpc) is 3.10. The highest BCUT2D eigenvalue weighted by molar-refractivity contribution is 5.92. The van der Waals surface area contributed by atoms with E-state index >= 15 is 0 Å². The van der Waals surface area contributed by atoms with Gasteiger partial charge < -0.3 is 14.5 Å². The van der Waals surface area contributed by atoms with Crippen molar-refractivity contribution in [1.29, 1.82) is 0 Å². The molecule has 1 aromatic heterocycles. The Morgan fingerprint density at radius 2 is 1.96 bits per heavy atom. The van der Waals surface area contributed by atoms with Gasteiger partial charge >= 0.3 is 0 Å². The average molecular weight is 337 g/mol. The van der Waals surface area contributed by atoms with Crippen LogP contribution in [-0.4, -0.2) is 22.7 Å². The summed E-state index contributed by atoms with van der Waals surface area (Å²) in [7, 11) is 0. The highest BCUT2D eigenvalue weighted by Crippen LogP contribution is 2.20. The molecule has 0 unspecified atom stereocenters. The molecular weight excluding hydrogens is 318 g/mol. The van der Waals surface area contributed by atoms with Gasteiger partial charge in [-0.1, -0.05) is 19.1 Å². The molecule has 6 nitrogen and oxygen atoms in total. The largest absolute Gasteiger partial charge is 0.484 e. The summed E-state index contributed by atoms with van der Waals surface area (Å²) in [6, 6.07) is 14.8. The molecule has 0 spiro atoms. The van der Waals surface area contributed by atoms with E-state index in [1.54, 1.807) is 12.1 Å². The molecule has 0 aliphatic heterocycles. The number of carbonyl (C=O) groups excluding carboxylic acids is 1. The third-order valence-electron chi connectivity index (χ3n) is 3.54. The summed E-state index contributed by atoms with van der Waals surface area (Å²) in [5.41, 5.74) is 2.57. The number of carbonyl (C=O) groups is 1. The minimum absolute atomic E-state index is 0.0469. The van der Waals surface area contributed by atoms with Crippen molar-refractivity contribution in [2.75, 3.05) is 11.9 Å². The molecule has 0 saturated heterocycles. The minimum Gasteiger partial charge on any atom is -0.484 e. The number of aryl methyl sites for hydroxylation is 2. The lowest BCUT2D eigenvalue weighted by atomic mass is 10.2. The second-order valence-corrected chi connectivity index (χ2v) is 5.59. The van der Waals surface area contributed by atoms with Crippen molar-refractivity contribution in [2.24, 2.45) is 0 Å². The topological polar surface area (TPSA) is 77.2 Å². The number of anilines is 1. The number of nitrogens with one attached hydrogen (secondary N) is 1. The van der Waals surface area contributed by atoms with Crippen LogP contribution >= 0.6 is 0 Å². The van der Waals surface area contributed by atoms with Crippen LogP contribution in [-0.2, 0) is 11.2 Å². The molecule has 0 aliphatic rings. The summed E-state index contributed by atoms with van der Waals surface area (Å²) in [6.45, 7) is 3.88. The number of nitrogens with zero attached hydrogens (tertiary/aromatic N) is 2. The third kappa shape index (κ3) is 4.44. The SMILES string of the molecule is CCc1nnc(-c2ccc(NC(=O)COc3cccc(C)c3)cc2)o1. The summed E-state index contributed by atoms with van der Waals surface area (Å²) in [4.78, 5) is 12.0. The fourth-order valence-corrected chi connectivity index (χ4v) is 2.26. The van der Waals surface area contributed by atoms with E-state index in [9.17, 15) is 4.79 Å². The van der Waals surface area contributed by atoms with Crippen molar-refractivity contribution in [3.8, 4) is 17.2 Å². The molecule has 128 valence electrons. The molecule has 0 bridgehead atoms. The number of hydrogen-bond acceptors (Lipinski definition) is 5. The van der Waals surface area contributed by atoms with Crippen LogP contribution in [0.4, 0.5) is 5.69 Å². The monoisotopic (exact) mass is 337 g/mol. The lowest BCUT2D eigenvalue weighted by Gasteiger charge is -2.08. The molecule has 2 aromatic carbocycles. The molecule has 3 rings (SSSR count). The summed E-state index contributed by atoms with van der Waals surface area (Å²) in [5.74, 6) is 1.52. The molecule has 0 fully saturated rings. The molecule has 3 aromatic rings. The van der Waals surface area contributed by atoms with Crippen LogP contribution < -0.4 is 10.1 Å². The normalized spacial score (nSPS) is 10.5. The Kier molecular flexibility index (Phi) is 5.09. The number of benzene rings is 2. The maximum atomic E-state index is 12.0. The van der Waals surface area contributed by atoms with Crippen LogP contribution in [0.1, 0.15) is 18.4 Å². The van der Waals surface area contributed by atoms with Gasteiger partial charge in [0, 0.05) is 17.7 Å². The quantitative estimate of drug-likeness (QED) is 0.743. The zero-order valence-corrected chi connectivity index (χ0v) is 14.2. The molecular formula is C19H19N3O3. The molecule has 25 heavy (non-hydrogen) atoms. The van der Waals surface area contributed by atoms with E-state index in [-0.39, 0.29) is 12.5 Å². The van der Waals surface area contributed by atoms with Crippen molar-refractivity contribution in [2.45, 2.75) is 20.3 Å². The highest BCUT2D eigenvalue weighted by atomic mass is 16.5. The van der Waals surface area contributed by atoms with Gasteiger partial charge in [0.1, 0.15) is 5.75 Å². The fourth-order valence-electron chi connectivity index (χ4n) is 2.26. The molecule has 6 heteroatoms. The summed E-state index contributed by atoms with van der Waals surface area (Å²) >= 11 is 0. The number of aromatic nitrogens is 2. The van der Waals surface area contributed by atoms with Gasteiger partial charge in [-0.3, -0.25) is 4.79 Å². The van der Waals surface area contributed by atoms with Crippen molar-refractivity contribution in [1.82, 2.24) is 10.2 Å². The van der Waals surface area contributed by atoms with Gasteiger partial charge in [0.25, 0.3) is 5.91 Å². The third-order valence-corrected chi connectivity index (χ3v) is 3.54. The zero-order chi connectivity index (χ0) is 17.6. The molecule has 0 atom stereocenters. The van der Waals surface area contributed by atoms with E-state index < -0.39 is 0 Å². The van der Waals surface area contributed by atoms with Crippen LogP contribution in [0.15, 0.2) is 52.9 Å². The predicted octanol–water partition coefficient (Wildman–Crippen LogP) is 3.62. The van der Waals surface area contributed by atoms with Gasteiger partial charge in [0.15, 0.2) is 6.61 Å². The summed E-state index contributed by atoms with van der Waals surface area (Å²) < 4.78 is 11.0. The van der Waals surface area contributed by atoms with E-state index in [4.69, 9.17) is 9.15 Å². The number of hydrogen-bond donors (Lipinski definition) is 1. The van der Waals surface area contributed by atoms with Crippen LogP contribution in [0.5, 0.6) is 5.75 Å². The van der Waals surface area contributed by atoms with Crippen LogP contribution in [0.25, 0.3) is 11.5 Å². The van der Waals surface area contributed by atoms with E-state index in [1.807, 2.05) is 50.2 Å². The molecule has 0 aliphatic carbocycles. The fraction of sp³-hybridized carbons (Fsp3) is 0.211. The molecule has 1 heterocycles. The Hall–Kier alpha value is -3.15. The van der Waals surface area contributed by atoms with Crippen LogP contribution in [0.3, 0.4) is 0 Å². The maximum absolute atomic E-state index is 12.0. The number of rotatable bonds is 6. The van der Waals surface area contributed by atoms with Gasteiger partial charge in [-0.05, 0) is 48.9 Å². The van der Waals surface area contributed by atoms with Crippen molar-refractivity contribution < 1.29 is 13.9 Å². The Morgan fingerprint density at radius 1 is 1.16 bits per heavy atom. The minimum atomic E-state index is -0.222. The van der Waals surface area contributed by atoms with Crippen molar-refractivity contribution in [3.63, 3.8) is 0 Å². The van der Waals surface area contributed by atoms with Gasteiger partial charge in [-0.25, -0.2) is 0 Å². The Morgan fingerprint density at radius 3 is 2.64 bits per heavy atom. The first-order chi connectivity index (χ1) is 12.1. The maximum Gasteiger partial charge on any atom is 0.262 e. The lowest BCUT2D eigenvalue weighted by molar-refractivity contribution is -0.118. The molecule has 0 saturated carbocycles. The van der Waals surface area contributed by atoms with E-state index in [0.717, 1.165) is 11.1 Å². The molecule has 1 amide bonds. The molecule has 0 radical (unpaired) electrons. The predicted molar refractivity (Wildman–Crippen MR) is 94.4 cm³/mol. The first-order valence-electron chi connectivity index (χ1n) is 8.06. The van der Waals surface area contributed by atoms with E-state index in [1.165, 1.54) is 0 Å². The highest BCUT2D eigenvalue weighted by Gasteiger charge is 2.08. The Balaban J connectivity index is 1.56. The van der Waals surface area contributed by atoms with Crippen molar-refractivity contribution >= 4 is 11.6 Å². The standard InChI is InChI=1S/C19H19N3O3/c1-3-18-21-22-19(25-18)14-7-9-15(10-8-14)20-17(23)12-24-16-6-4-5-13(2)11-16/h4-11H,3,12H2,1-2H3,(H,20,23). The van der Waals surface area contributed by atoms with Crippen LogP contribution in [0.2, 0.25) is 0 Å².